The number of phenolic OH excluding ortho intramolecular Hbond substituents is 1. The molecule has 0 atom stereocenters. The molecule has 2 aromatic rings. The first-order valence-corrected chi connectivity index (χ1v) is 6.78. The van der Waals surface area contributed by atoms with E-state index < -0.39 is 0 Å². The van der Waals surface area contributed by atoms with Gasteiger partial charge >= 0.3 is 0 Å². The summed E-state index contributed by atoms with van der Waals surface area (Å²) in [5, 5.41) is 12.1. The lowest BCUT2D eigenvalue weighted by atomic mass is 10.1. The van der Waals surface area contributed by atoms with Gasteiger partial charge in [-0.1, -0.05) is 12.1 Å². The number of carbonyl (C=O) groups excluding carboxylic acids is 1. The van der Waals surface area contributed by atoms with E-state index in [-0.39, 0.29) is 23.9 Å². The van der Waals surface area contributed by atoms with Crippen LogP contribution >= 0.6 is 15.9 Å². The van der Waals surface area contributed by atoms with Crippen molar-refractivity contribution < 1.29 is 14.3 Å². The van der Waals surface area contributed by atoms with Crippen LogP contribution in [0.25, 0.3) is 0 Å². The fourth-order valence-electron chi connectivity index (χ4n) is 1.83. The van der Waals surface area contributed by atoms with Gasteiger partial charge in [-0.15, -0.1) is 0 Å². The fraction of sp³-hybridized carbons (Fsp3) is 0.133. The molecule has 20 heavy (non-hydrogen) atoms. The quantitative estimate of drug-likeness (QED) is 0.895. The first-order chi connectivity index (χ1) is 9.45. The van der Waals surface area contributed by atoms with Gasteiger partial charge in [0.05, 0.1) is 10.9 Å². The third kappa shape index (κ3) is 3.57. The molecule has 0 fully saturated rings. The van der Waals surface area contributed by atoms with Crippen molar-refractivity contribution in [3.8, 4) is 5.75 Å². The number of halogens is 2. The largest absolute Gasteiger partial charge is 0.508 e. The maximum atomic E-state index is 13.3. The van der Waals surface area contributed by atoms with Crippen LogP contribution in [-0.2, 0) is 11.2 Å². The number of rotatable bonds is 3. The Bertz CT molecular complexity index is 658. The predicted octanol–water partition coefficient (Wildman–Crippen LogP) is 3.78. The molecule has 0 unspecified atom stereocenters. The van der Waals surface area contributed by atoms with Crippen molar-refractivity contribution in [1.82, 2.24) is 0 Å². The number of carbonyl (C=O) groups is 1. The number of aromatic hydroxyl groups is 1. The summed E-state index contributed by atoms with van der Waals surface area (Å²) in [4.78, 5) is 11.9. The second kappa shape index (κ2) is 6.05. The molecule has 0 aliphatic rings. The molecule has 2 rings (SSSR count). The van der Waals surface area contributed by atoms with E-state index in [9.17, 15) is 14.3 Å². The molecule has 2 N–H and O–H groups in total. The van der Waals surface area contributed by atoms with Crippen molar-refractivity contribution in [3.05, 3.63) is 57.8 Å². The van der Waals surface area contributed by atoms with Gasteiger partial charge in [0.1, 0.15) is 11.6 Å². The Kier molecular flexibility index (Phi) is 4.39. The molecule has 0 aliphatic heterocycles. The summed E-state index contributed by atoms with van der Waals surface area (Å²) in [5.74, 6) is -0.471. The van der Waals surface area contributed by atoms with E-state index in [1.54, 1.807) is 25.1 Å². The third-order valence-corrected chi connectivity index (χ3v) is 3.42. The first kappa shape index (κ1) is 14.5. The maximum absolute atomic E-state index is 13.3. The number of phenols is 1. The van der Waals surface area contributed by atoms with Crippen LogP contribution in [0.3, 0.4) is 0 Å². The number of anilines is 1. The molecule has 2 aromatic carbocycles. The van der Waals surface area contributed by atoms with E-state index in [4.69, 9.17) is 0 Å². The van der Waals surface area contributed by atoms with Crippen molar-refractivity contribution in [2.75, 3.05) is 5.32 Å². The van der Waals surface area contributed by atoms with Crippen molar-refractivity contribution in [1.29, 1.82) is 0 Å². The van der Waals surface area contributed by atoms with E-state index in [1.807, 2.05) is 0 Å². The molecule has 5 heteroatoms. The Labute approximate surface area is 124 Å². The molecule has 0 aromatic heterocycles. The molecular weight excluding hydrogens is 325 g/mol. The standard InChI is InChI=1S/C15H13BrFNO2/c1-9-5-13(17)12(16)8-14(9)18-15(20)7-10-3-2-4-11(19)6-10/h2-6,8,19H,7H2,1H3,(H,18,20). The van der Waals surface area contributed by atoms with Crippen LogP contribution in [0.2, 0.25) is 0 Å². The summed E-state index contributed by atoms with van der Waals surface area (Å²) in [6.45, 7) is 1.72. The van der Waals surface area contributed by atoms with Gasteiger partial charge < -0.3 is 10.4 Å². The highest BCUT2D eigenvalue weighted by Crippen LogP contribution is 2.24. The van der Waals surface area contributed by atoms with Crippen molar-refractivity contribution in [2.45, 2.75) is 13.3 Å². The number of amides is 1. The monoisotopic (exact) mass is 337 g/mol. The highest BCUT2D eigenvalue weighted by Gasteiger charge is 2.09. The Hall–Kier alpha value is -1.88. The molecule has 104 valence electrons. The SMILES string of the molecule is Cc1cc(F)c(Br)cc1NC(=O)Cc1cccc(O)c1. The number of hydrogen-bond donors (Lipinski definition) is 2. The Morgan fingerprint density at radius 1 is 1.35 bits per heavy atom. The molecule has 1 amide bonds. The Morgan fingerprint density at radius 3 is 2.80 bits per heavy atom. The summed E-state index contributed by atoms with van der Waals surface area (Å²) >= 11 is 3.09. The van der Waals surface area contributed by atoms with Gasteiger partial charge in [-0.3, -0.25) is 4.79 Å². The van der Waals surface area contributed by atoms with Crippen LogP contribution in [0.4, 0.5) is 10.1 Å². The van der Waals surface area contributed by atoms with Crippen LogP contribution in [-0.4, -0.2) is 11.0 Å². The molecule has 0 heterocycles. The summed E-state index contributed by atoms with van der Waals surface area (Å²) in [7, 11) is 0. The minimum atomic E-state index is -0.367. The molecule has 0 spiro atoms. The zero-order valence-electron chi connectivity index (χ0n) is 10.8. The van der Waals surface area contributed by atoms with Crippen LogP contribution < -0.4 is 5.32 Å². The van der Waals surface area contributed by atoms with E-state index >= 15 is 0 Å². The van der Waals surface area contributed by atoms with Gasteiger partial charge in [0, 0.05) is 5.69 Å². The van der Waals surface area contributed by atoms with Gasteiger partial charge in [-0.2, -0.15) is 0 Å². The number of aryl methyl sites for hydroxylation is 1. The van der Waals surface area contributed by atoms with Crippen molar-refractivity contribution >= 4 is 27.5 Å². The topological polar surface area (TPSA) is 49.3 Å². The van der Waals surface area contributed by atoms with E-state index in [0.29, 0.717) is 21.3 Å². The van der Waals surface area contributed by atoms with Crippen LogP contribution in [0.5, 0.6) is 5.75 Å². The van der Waals surface area contributed by atoms with Crippen LogP contribution in [0.1, 0.15) is 11.1 Å². The predicted molar refractivity (Wildman–Crippen MR) is 79.3 cm³/mol. The summed E-state index contributed by atoms with van der Waals surface area (Å²) in [6, 6.07) is 9.40. The molecule has 3 nitrogen and oxygen atoms in total. The second-order valence-corrected chi connectivity index (χ2v) is 5.33. The highest BCUT2D eigenvalue weighted by molar-refractivity contribution is 9.10. The fourth-order valence-corrected chi connectivity index (χ4v) is 2.17. The molecule has 0 bridgehead atoms. The third-order valence-electron chi connectivity index (χ3n) is 2.82. The lowest BCUT2D eigenvalue weighted by Gasteiger charge is -2.10. The molecule has 0 saturated carbocycles. The average Bonchev–Trinajstić information content (AvgIpc) is 2.36. The minimum absolute atomic E-state index is 0.121. The molecule has 0 saturated heterocycles. The molecule has 0 aliphatic carbocycles. The van der Waals surface area contributed by atoms with E-state index in [0.717, 1.165) is 0 Å². The normalized spacial score (nSPS) is 10.3. The lowest BCUT2D eigenvalue weighted by Crippen LogP contribution is -2.15. The summed E-state index contributed by atoms with van der Waals surface area (Å²) < 4.78 is 13.6. The van der Waals surface area contributed by atoms with Gasteiger partial charge in [0.15, 0.2) is 0 Å². The lowest BCUT2D eigenvalue weighted by molar-refractivity contribution is -0.115. The average molecular weight is 338 g/mol. The minimum Gasteiger partial charge on any atom is -0.508 e. The number of benzene rings is 2. The highest BCUT2D eigenvalue weighted by atomic mass is 79.9. The van der Waals surface area contributed by atoms with E-state index in [1.165, 1.54) is 18.2 Å². The first-order valence-electron chi connectivity index (χ1n) is 5.99. The zero-order valence-corrected chi connectivity index (χ0v) is 12.4. The molecule has 0 radical (unpaired) electrons. The Morgan fingerprint density at radius 2 is 2.10 bits per heavy atom. The second-order valence-electron chi connectivity index (χ2n) is 4.48. The van der Waals surface area contributed by atoms with Gasteiger partial charge in [-0.25, -0.2) is 4.39 Å². The van der Waals surface area contributed by atoms with Crippen LogP contribution in [0.15, 0.2) is 40.9 Å². The van der Waals surface area contributed by atoms with Crippen molar-refractivity contribution in [3.63, 3.8) is 0 Å². The van der Waals surface area contributed by atoms with Crippen LogP contribution in [0, 0.1) is 12.7 Å². The number of nitrogens with one attached hydrogen (secondary N) is 1. The van der Waals surface area contributed by atoms with Gasteiger partial charge in [0.2, 0.25) is 5.91 Å². The van der Waals surface area contributed by atoms with Gasteiger partial charge in [-0.05, 0) is 58.2 Å². The summed E-state index contributed by atoms with van der Waals surface area (Å²) in [5.41, 5.74) is 1.92. The van der Waals surface area contributed by atoms with Crippen molar-refractivity contribution in [2.24, 2.45) is 0 Å². The maximum Gasteiger partial charge on any atom is 0.228 e. The smallest absolute Gasteiger partial charge is 0.228 e. The Balaban J connectivity index is 2.10. The summed E-state index contributed by atoms with van der Waals surface area (Å²) in [6.07, 6.45) is 0.142. The molecular formula is C15H13BrFNO2. The van der Waals surface area contributed by atoms with E-state index in [2.05, 4.69) is 21.2 Å². The number of hydrogen-bond acceptors (Lipinski definition) is 2. The zero-order chi connectivity index (χ0) is 14.7. The van der Waals surface area contributed by atoms with Gasteiger partial charge in [0.25, 0.3) is 0 Å².